The minimum absolute atomic E-state index is 0.215. The number of rotatable bonds is 4. The molecule has 1 saturated heterocycles. The van der Waals surface area contributed by atoms with Gasteiger partial charge in [0.15, 0.2) is 0 Å². The SMILES string of the molecule is Cc1ccc(OCC[C@@H]2CCCN(C(=O)OC(C)(C)C)C2)nn1. The largest absolute Gasteiger partial charge is 0.477 e. The number of hydrogen-bond acceptors (Lipinski definition) is 5. The van der Waals surface area contributed by atoms with Crippen LogP contribution in [-0.2, 0) is 4.74 Å². The van der Waals surface area contributed by atoms with Crippen LogP contribution >= 0.6 is 0 Å². The summed E-state index contributed by atoms with van der Waals surface area (Å²) in [5.41, 5.74) is 0.426. The molecule has 1 aliphatic heterocycles. The Labute approximate surface area is 138 Å². The van der Waals surface area contributed by atoms with Crippen LogP contribution in [0.4, 0.5) is 4.79 Å². The van der Waals surface area contributed by atoms with Crippen LogP contribution in [0, 0.1) is 12.8 Å². The van der Waals surface area contributed by atoms with E-state index in [1.807, 2.05) is 44.7 Å². The first-order valence-electron chi connectivity index (χ1n) is 8.24. The molecule has 6 nitrogen and oxygen atoms in total. The van der Waals surface area contributed by atoms with Gasteiger partial charge in [0.25, 0.3) is 0 Å². The molecule has 1 aromatic heterocycles. The van der Waals surface area contributed by atoms with Crippen LogP contribution in [-0.4, -0.2) is 46.5 Å². The van der Waals surface area contributed by atoms with Gasteiger partial charge in [-0.3, -0.25) is 0 Å². The van der Waals surface area contributed by atoms with Crippen molar-refractivity contribution in [2.75, 3.05) is 19.7 Å². The summed E-state index contributed by atoms with van der Waals surface area (Å²) in [4.78, 5) is 14.0. The topological polar surface area (TPSA) is 64.5 Å². The number of carbonyl (C=O) groups excluding carboxylic acids is 1. The Bertz CT molecular complexity index is 511. The van der Waals surface area contributed by atoms with E-state index < -0.39 is 5.60 Å². The van der Waals surface area contributed by atoms with Gasteiger partial charge in [-0.1, -0.05) is 0 Å². The molecule has 0 aromatic carbocycles. The standard InChI is InChI=1S/C17H27N3O3/c1-13-7-8-15(19-18-13)22-11-9-14-6-5-10-20(12-14)16(21)23-17(2,3)4/h7-8,14H,5-6,9-12H2,1-4H3/t14-/m0/s1. The third-order valence-electron chi connectivity index (χ3n) is 3.72. The summed E-state index contributed by atoms with van der Waals surface area (Å²) in [6.07, 6.45) is 2.80. The lowest BCUT2D eigenvalue weighted by molar-refractivity contribution is 0.0154. The number of ether oxygens (including phenoxy) is 2. The summed E-state index contributed by atoms with van der Waals surface area (Å²) < 4.78 is 11.1. The molecule has 6 heteroatoms. The predicted molar refractivity (Wildman–Crippen MR) is 87.4 cm³/mol. The lowest BCUT2D eigenvalue weighted by Crippen LogP contribution is -2.43. The van der Waals surface area contributed by atoms with Crippen LogP contribution in [0.25, 0.3) is 0 Å². The number of nitrogens with zero attached hydrogens (tertiary/aromatic N) is 3. The van der Waals surface area contributed by atoms with E-state index in [0.29, 0.717) is 18.4 Å². The lowest BCUT2D eigenvalue weighted by Gasteiger charge is -2.34. The van der Waals surface area contributed by atoms with Crippen molar-refractivity contribution in [1.82, 2.24) is 15.1 Å². The molecule has 0 N–H and O–H groups in total. The highest BCUT2D eigenvalue weighted by atomic mass is 16.6. The van der Waals surface area contributed by atoms with Crippen molar-refractivity contribution < 1.29 is 14.3 Å². The van der Waals surface area contributed by atoms with Crippen LogP contribution < -0.4 is 4.74 Å². The zero-order valence-corrected chi connectivity index (χ0v) is 14.5. The molecular weight excluding hydrogens is 294 g/mol. The number of carbonyl (C=O) groups is 1. The predicted octanol–water partition coefficient (Wildman–Crippen LogP) is 3.20. The van der Waals surface area contributed by atoms with Crippen molar-refractivity contribution in [1.29, 1.82) is 0 Å². The Morgan fingerprint density at radius 3 is 2.78 bits per heavy atom. The molecule has 0 spiro atoms. The van der Waals surface area contributed by atoms with Gasteiger partial charge in [0.05, 0.1) is 12.3 Å². The minimum atomic E-state index is -0.447. The molecule has 0 aliphatic carbocycles. The highest BCUT2D eigenvalue weighted by Gasteiger charge is 2.27. The highest BCUT2D eigenvalue weighted by Crippen LogP contribution is 2.22. The van der Waals surface area contributed by atoms with Crippen molar-refractivity contribution in [3.63, 3.8) is 0 Å². The van der Waals surface area contributed by atoms with E-state index in [9.17, 15) is 4.79 Å². The molecule has 23 heavy (non-hydrogen) atoms. The van der Waals surface area contributed by atoms with Gasteiger partial charge in [-0.15, -0.1) is 5.10 Å². The first-order chi connectivity index (χ1) is 10.8. The number of piperidine rings is 1. The van der Waals surface area contributed by atoms with Crippen molar-refractivity contribution in [3.05, 3.63) is 17.8 Å². The second-order valence-electron chi connectivity index (χ2n) is 7.08. The molecule has 128 valence electrons. The molecule has 1 aromatic rings. The zero-order valence-electron chi connectivity index (χ0n) is 14.5. The van der Waals surface area contributed by atoms with Crippen LogP contribution in [0.2, 0.25) is 0 Å². The van der Waals surface area contributed by atoms with Crippen LogP contribution in [0.5, 0.6) is 5.88 Å². The van der Waals surface area contributed by atoms with E-state index in [-0.39, 0.29) is 6.09 Å². The van der Waals surface area contributed by atoms with Gasteiger partial charge in [0, 0.05) is 19.2 Å². The lowest BCUT2D eigenvalue weighted by atomic mass is 9.95. The first kappa shape index (κ1) is 17.5. The van der Waals surface area contributed by atoms with Gasteiger partial charge in [-0.25, -0.2) is 4.79 Å². The normalized spacial score (nSPS) is 18.6. The maximum absolute atomic E-state index is 12.1. The molecule has 2 rings (SSSR count). The second kappa shape index (κ2) is 7.62. The maximum Gasteiger partial charge on any atom is 0.410 e. The minimum Gasteiger partial charge on any atom is -0.477 e. The average Bonchev–Trinajstić information content (AvgIpc) is 2.48. The summed E-state index contributed by atoms with van der Waals surface area (Å²) in [5.74, 6) is 0.991. The van der Waals surface area contributed by atoms with Gasteiger partial charge in [0.2, 0.25) is 5.88 Å². The molecule has 1 aliphatic rings. The molecule has 0 bridgehead atoms. The number of amides is 1. The summed E-state index contributed by atoms with van der Waals surface area (Å²) in [6, 6.07) is 3.71. The van der Waals surface area contributed by atoms with Crippen molar-refractivity contribution in [3.8, 4) is 5.88 Å². The zero-order chi connectivity index (χ0) is 16.9. The Balaban J connectivity index is 1.75. The van der Waals surface area contributed by atoms with Gasteiger partial charge >= 0.3 is 6.09 Å². The second-order valence-corrected chi connectivity index (χ2v) is 7.08. The fraction of sp³-hybridized carbons (Fsp3) is 0.706. The molecule has 1 amide bonds. The van der Waals surface area contributed by atoms with Crippen molar-refractivity contribution >= 4 is 6.09 Å². The van der Waals surface area contributed by atoms with E-state index in [0.717, 1.165) is 38.0 Å². The molecule has 2 heterocycles. The average molecular weight is 321 g/mol. The third kappa shape index (κ3) is 6.04. The fourth-order valence-corrected chi connectivity index (χ4v) is 2.59. The number of aryl methyl sites for hydroxylation is 1. The summed E-state index contributed by atoms with van der Waals surface area (Å²) >= 11 is 0. The monoisotopic (exact) mass is 321 g/mol. The quantitative estimate of drug-likeness (QED) is 0.852. The third-order valence-corrected chi connectivity index (χ3v) is 3.72. The van der Waals surface area contributed by atoms with E-state index in [2.05, 4.69) is 10.2 Å². The molecule has 0 unspecified atom stereocenters. The van der Waals surface area contributed by atoms with Crippen LogP contribution in [0.3, 0.4) is 0 Å². The Morgan fingerprint density at radius 1 is 1.35 bits per heavy atom. The molecule has 0 saturated carbocycles. The number of aromatic nitrogens is 2. The highest BCUT2D eigenvalue weighted by molar-refractivity contribution is 5.68. The Morgan fingerprint density at radius 2 is 2.13 bits per heavy atom. The van der Waals surface area contributed by atoms with Gasteiger partial charge in [-0.2, -0.15) is 5.10 Å². The van der Waals surface area contributed by atoms with E-state index in [4.69, 9.17) is 9.47 Å². The van der Waals surface area contributed by atoms with Gasteiger partial charge in [-0.05, 0) is 58.9 Å². The van der Waals surface area contributed by atoms with Crippen molar-refractivity contribution in [2.45, 2.75) is 52.6 Å². The van der Waals surface area contributed by atoms with Gasteiger partial charge in [0.1, 0.15) is 5.60 Å². The summed E-state index contributed by atoms with van der Waals surface area (Å²) in [7, 11) is 0. The van der Waals surface area contributed by atoms with E-state index >= 15 is 0 Å². The Kier molecular flexibility index (Phi) is 5.80. The number of hydrogen-bond donors (Lipinski definition) is 0. The van der Waals surface area contributed by atoms with E-state index in [1.165, 1.54) is 0 Å². The fourth-order valence-electron chi connectivity index (χ4n) is 2.59. The Hall–Kier alpha value is -1.85. The molecule has 0 radical (unpaired) electrons. The summed E-state index contributed by atoms with van der Waals surface area (Å²) in [5, 5.41) is 7.96. The first-order valence-corrected chi connectivity index (χ1v) is 8.24. The van der Waals surface area contributed by atoms with Crippen LogP contribution in [0.15, 0.2) is 12.1 Å². The molecule has 1 fully saturated rings. The molecule has 1 atom stereocenters. The van der Waals surface area contributed by atoms with Gasteiger partial charge < -0.3 is 14.4 Å². The summed E-state index contributed by atoms with van der Waals surface area (Å²) in [6.45, 7) is 9.66. The van der Waals surface area contributed by atoms with Crippen molar-refractivity contribution in [2.24, 2.45) is 5.92 Å². The number of likely N-dealkylation sites (tertiary alicyclic amines) is 1. The maximum atomic E-state index is 12.1. The van der Waals surface area contributed by atoms with Crippen LogP contribution in [0.1, 0.15) is 45.7 Å². The smallest absolute Gasteiger partial charge is 0.410 e. The molecular formula is C17H27N3O3. The van der Waals surface area contributed by atoms with E-state index in [1.54, 1.807) is 0 Å².